The third kappa shape index (κ3) is 2.92. The Morgan fingerprint density at radius 3 is 3.00 bits per heavy atom. The van der Waals surface area contributed by atoms with Crippen molar-refractivity contribution < 1.29 is 23.9 Å². The second kappa shape index (κ2) is 5.11. The van der Waals surface area contributed by atoms with Crippen molar-refractivity contribution in [1.82, 2.24) is 5.06 Å². The van der Waals surface area contributed by atoms with Gasteiger partial charge < -0.3 is 9.84 Å². The Kier molecular flexibility index (Phi) is 3.55. The van der Waals surface area contributed by atoms with Crippen LogP contribution in [0.3, 0.4) is 0 Å². The van der Waals surface area contributed by atoms with Crippen LogP contribution >= 0.6 is 0 Å². The number of aliphatic hydroxyl groups is 1. The summed E-state index contributed by atoms with van der Waals surface area (Å²) in [5.74, 6) is -0.965. The molecule has 1 fully saturated rings. The van der Waals surface area contributed by atoms with Gasteiger partial charge in [0.2, 0.25) is 0 Å². The van der Waals surface area contributed by atoms with Gasteiger partial charge in [0.15, 0.2) is 18.2 Å². The van der Waals surface area contributed by atoms with Crippen LogP contribution < -0.4 is 4.74 Å². The normalized spacial score (nSPS) is 19.4. The first kappa shape index (κ1) is 11.8. The molecule has 0 saturated carbocycles. The number of hydroxylamine groups is 2. The van der Waals surface area contributed by atoms with E-state index in [0.29, 0.717) is 0 Å². The fraction of sp³-hybridized carbons (Fsp3) is 0.364. The van der Waals surface area contributed by atoms with E-state index in [2.05, 4.69) is 0 Å². The lowest BCUT2D eigenvalue weighted by molar-refractivity contribution is -0.170. The lowest BCUT2D eigenvalue weighted by Crippen LogP contribution is -2.32. The molecule has 1 amide bonds. The topological polar surface area (TPSA) is 59.0 Å². The third-order valence-electron chi connectivity index (χ3n) is 2.27. The Morgan fingerprint density at radius 2 is 2.35 bits per heavy atom. The highest BCUT2D eigenvalue weighted by atomic mass is 19.1. The molecular weight excluding hydrogens is 229 g/mol. The molecule has 0 bridgehead atoms. The molecule has 1 aliphatic rings. The predicted octanol–water partition coefficient (Wildman–Crippen LogP) is 0.339. The minimum absolute atomic E-state index is 0.0144. The maximum absolute atomic E-state index is 13.2. The quantitative estimate of drug-likeness (QED) is 0.829. The summed E-state index contributed by atoms with van der Waals surface area (Å²) in [4.78, 5) is 16.4. The van der Waals surface area contributed by atoms with Gasteiger partial charge in [0.1, 0.15) is 12.7 Å². The van der Waals surface area contributed by atoms with Gasteiger partial charge in [-0.2, -0.15) is 0 Å². The number of para-hydroxylation sites is 1. The Morgan fingerprint density at radius 1 is 1.59 bits per heavy atom. The number of halogens is 1. The standard InChI is InChI=1S/C11H12FNO4/c12-9-3-1-2-4-10(9)16-7-11(15)13-5-8(14)6-17-13/h1-4,8,14H,5-7H2/t8-/m0/s1. The Bertz CT molecular complexity index is 412. The predicted molar refractivity (Wildman–Crippen MR) is 55.6 cm³/mol. The molecule has 1 N–H and O–H groups in total. The molecule has 5 nitrogen and oxygen atoms in total. The van der Waals surface area contributed by atoms with E-state index in [0.717, 1.165) is 5.06 Å². The van der Waals surface area contributed by atoms with Crippen molar-refractivity contribution in [2.75, 3.05) is 19.8 Å². The average molecular weight is 241 g/mol. The number of carbonyl (C=O) groups is 1. The van der Waals surface area contributed by atoms with Gasteiger partial charge in [-0.3, -0.25) is 9.63 Å². The largest absolute Gasteiger partial charge is 0.481 e. The van der Waals surface area contributed by atoms with Gasteiger partial charge in [-0.1, -0.05) is 12.1 Å². The molecule has 0 spiro atoms. The van der Waals surface area contributed by atoms with E-state index >= 15 is 0 Å². The number of rotatable bonds is 3. The van der Waals surface area contributed by atoms with Crippen LogP contribution in [0.1, 0.15) is 0 Å². The first-order valence-electron chi connectivity index (χ1n) is 5.15. The highest BCUT2D eigenvalue weighted by Gasteiger charge is 2.26. The molecule has 0 aromatic heterocycles. The van der Waals surface area contributed by atoms with Gasteiger partial charge in [0, 0.05) is 0 Å². The van der Waals surface area contributed by atoms with Crippen molar-refractivity contribution in [2.45, 2.75) is 6.10 Å². The molecule has 0 aliphatic carbocycles. The highest BCUT2D eigenvalue weighted by molar-refractivity contribution is 5.76. The Hall–Kier alpha value is -1.66. The van der Waals surface area contributed by atoms with Crippen molar-refractivity contribution in [3.05, 3.63) is 30.1 Å². The number of carbonyl (C=O) groups excluding carboxylic acids is 1. The summed E-state index contributed by atoms with van der Waals surface area (Å²) >= 11 is 0. The summed E-state index contributed by atoms with van der Waals surface area (Å²) in [7, 11) is 0. The molecule has 1 heterocycles. The number of β-amino-alcohol motifs (C(OH)–C–C–N with tert-alkyl or cyclic N) is 1. The van der Waals surface area contributed by atoms with Crippen LogP contribution in [0.15, 0.2) is 24.3 Å². The van der Waals surface area contributed by atoms with E-state index < -0.39 is 17.8 Å². The second-order valence-electron chi connectivity index (χ2n) is 3.62. The van der Waals surface area contributed by atoms with Crippen molar-refractivity contribution in [1.29, 1.82) is 0 Å². The first-order valence-corrected chi connectivity index (χ1v) is 5.15. The lowest BCUT2D eigenvalue weighted by atomic mass is 10.3. The zero-order valence-electron chi connectivity index (χ0n) is 9.01. The van der Waals surface area contributed by atoms with Gasteiger partial charge >= 0.3 is 0 Å². The molecule has 17 heavy (non-hydrogen) atoms. The molecule has 1 aliphatic heterocycles. The molecule has 1 atom stereocenters. The van der Waals surface area contributed by atoms with E-state index in [-0.39, 0.29) is 25.5 Å². The summed E-state index contributed by atoms with van der Waals surface area (Å²) in [6, 6.07) is 5.82. The van der Waals surface area contributed by atoms with Crippen LogP contribution in [0.2, 0.25) is 0 Å². The van der Waals surface area contributed by atoms with Gasteiger partial charge in [-0.05, 0) is 12.1 Å². The minimum atomic E-state index is -0.674. The highest BCUT2D eigenvalue weighted by Crippen LogP contribution is 2.15. The third-order valence-corrected chi connectivity index (χ3v) is 2.27. The van der Waals surface area contributed by atoms with Crippen molar-refractivity contribution in [3.63, 3.8) is 0 Å². The monoisotopic (exact) mass is 241 g/mol. The van der Waals surface area contributed by atoms with E-state index in [9.17, 15) is 9.18 Å². The number of amides is 1. The van der Waals surface area contributed by atoms with Crippen LogP contribution in [0.5, 0.6) is 5.75 Å². The summed E-state index contributed by atoms with van der Waals surface area (Å²) in [5.41, 5.74) is 0. The molecule has 1 aromatic rings. The summed E-state index contributed by atoms with van der Waals surface area (Å²) in [6.45, 7) is -0.126. The molecule has 2 rings (SSSR count). The van der Waals surface area contributed by atoms with E-state index in [4.69, 9.17) is 14.7 Å². The molecule has 6 heteroatoms. The Balaban J connectivity index is 1.86. The van der Waals surface area contributed by atoms with E-state index in [1.54, 1.807) is 6.07 Å². The lowest BCUT2D eigenvalue weighted by Gasteiger charge is -2.14. The average Bonchev–Trinajstić information content (AvgIpc) is 2.74. The summed E-state index contributed by atoms with van der Waals surface area (Å²) in [5, 5.41) is 10.2. The molecule has 1 aromatic carbocycles. The zero-order chi connectivity index (χ0) is 12.3. The van der Waals surface area contributed by atoms with Crippen LogP contribution in [0, 0.1) is 5.82 Å². The van der Waals surface area contributed by atoms with Crippen LogP contribution in [-0.2, 0) is 9.63 Å². The van der Waals surface area contributed by atoms with Crippen LogP contribution in [0.25, 0.3) is 0 Å². The van der Waals surface area contributed by atoms with Crippen molar-refractivity contribution >= 4 is 5.91 Å². The second-order valence-corrected chi connectivity index (χ2v) is 3.62. The number of nitrogens with zero attached hydrogens (tertiary/aromatic N) is 1. The Labute approximate surface area is 97.3 Å². The molecule has 0 radical (unpaired) electrons. The summed E-state index contributed by atoms with van der Waals surface area (Å²) in [6.07, 6.45) is -0.674. The maximum atomic E-state index is 13.2. The fourth-order valence-corrected chi connectivity index (χ4v) is 1.42. The number of hydrogen-bond donors (Lipinski definition) is 1. The zero-order valence-corrected chi connectivity index (χ0v) is 9.01. The first-order chi connectivity index (χ1) is 8.16. The molecule has 1 saturated heterocycles. The minimum Gasteiger partial charge on any atom is -0.481 e. The molecule has 92 valence electrons. The smallest absolute Gasteiger partial charge is 0.284 e. The van der Waals surface area contributed by atoms with Gasteiger partial charge in [-0.25, -0.2) is 9.45 Å². The van der Waals surface area contributed by atoms with Crippen LogP contribution in [0.4, 0.5) is 4.39 Å². The van der Waals surface area contributed by atoms with Crippen molar-refractivity contribution in [3.8, 4) is 5.75 Å². The number of ether oxygens (including phenoxy) is 1. The van der Waals surface area contributed by atoms with Crippen molar-refractivity contribution in [2.24, 2.45) is 0 Å². The van der Waals surface area contributed by atoms with Gasteiger partial charge in [0.05, 0.1) is 6.54 Å². The fourth-order valence-electron chi connectivity index (χ4n) is 1.42. The number of aliphatic hydroxyl groups excluding tert-OH is 1. The number of hydrogen-bond acceptors (Lipinski definition) is 4. The molecular formula is C11H12FNO4. The van der Waals surface area contributed by atoms with Crippen LogP contribution in [-0.4, -0.2) is 41.9 Å². The van der Waals surface area contributed by atoms with Gasteiger partial charge in [-0.15, -0.1) is 0 Å². The number of benzene rings is 1. The van der Waals surface area contributed by atoms with E-state index in [1.165, 1.54) is 18.2 Å². The van der Waals surface area contributed by atoms with E-state index in [1.807, 2.05) is 0 Å². The summed E-state index contributed by atoms with van der Waals surface area (Å²) < 4.78 is 18.2. The maximum Gasteiger partial charge on any atom is 0.284 e. The van der Waals surface area contributed by atoms with Gasteiger partial charge in [0.25, 0.3) is 5.91 Å². The molecule has 0 unspecified atom stereocenters. The SMILES string of the molecule is O=C(COc1ccccc1F)N1C[C@H](O)CO1.